The molecule has 0 saturated carbocycles. The van der Waals surface area contributed by atoms with Gasteiger partial charge in [0.2, 0.25) is 11.7 Å². The van der Waals surface area contributed by atoms with Gasteiger partial charge in [0.1, 0.15) is 5.69 Å². The molecule has 0 aliphatic rings. The number of ketones is 1. The van der Waals surface area contributed by atoms with E-state index in [1.807, 2.05) is 0 Å². The van der Waals surface area contributed by atoms with E-state index in [1.54, 1.807) is 26.0 Å². The summed E-state index contributed by atoms with van der Waals surface area (Å²) >= 11 is 0. The van der Waals surface area contributed by atoms with Crippen molar-refractivity contribution in [3.63, 3.8) is 0 Å². The summed E-state index contributed by atoms with van der Waals surface area (Å²) in [5, 5.41) is 2.60. The first-order valence-electron chi connectivity index (χ1n) is 8.56. The summed E-state index contributed by atoms with van der Waals surface area (Å²) in [5.41, 5.74) is 2.13. The van der Waals surface area contributed by atoms with E-state index in [0.717, 1.165) is 0 Å². The van der Waals surface area contributed by atoms with Crippen molar-refractivity contribution in [2.75, 3.05) is 12.4 Å². The average molecular weight is 386 g/mol. The smallest absolute Gasteiger partial charge is 0.355 e. The van der Waals surface area contributed by atoms with Gasteiger partial charge in [-0.2, -0.15) is 0 Å². The minimum absolute atomic E-state index is 0.0959. The number of anilines is 1. The van der Waals surface area contributed by atoms with Crippen LogP contribution in [-0.2, 0) is 14.3 Å². The van der Waals surface area contributed by atoms with E-state index in [9.17, 15) is 19.2 Å². The van der Waals surface area contributed by atoms with Crippen LogP contribution in [-0.4, -0.2) is 41.8 Å². The van der Waals surface area contributed by atoms with Crippen LogP contribution < -0.4 is 5.32 Å². The molecular formula is C20H22N2O6. The van der Waals surface area contributed by atoms with Gasteiger partial charge in [0.25, 0.3) is 0 Å². The highest BCUT2D eigenvalue weighted by Crippen LogP contribution is 2.20. The average Bonchev–Trinajstić information content (AvgIpc) is 2.95. The molecule has 2 N–H and O–H groups in total. The number of rotatable bonds is 6. The molecule has 0 unspecified atom stereocenters. The summed E-state index contributed by atoms with van der Waals surface area (Å²) in [6, 6.07) is 6.25. The Balaban J connectivity index is 2.13. The zero-order chi connectivity index (χ0) is 21.0. The standard InChI is InChI=1S/C20H22N2O6/c1-10-16(19(25)27-5)11(2)21-17(10)20(26)28-12(3)18(24)14-6-8-15(9-7-14)22-13(4)23/h6-9,12,21H,1-5H3,(H,22,23)/t12-/m0/s1. The maximum Gasteiger partial charge on any atom is 0.355 e. The maximum atomic E-state index is 12.5. The van der Waals surface area contributed by atoms with Gasteiger partial charge >= 0.3 is 11.9 Å². The number of ether oxygens (including phenoxy) is 2. The van der Waals surface area contributed by atoms with E-state index >= 15 is 0 Å². The summed E-state index contributed by atoms with van der Waals surface area (Å²) in [6.07, 6.45) is -1.04. The number of hydrogen-bond donors (Lipinski definition) is 2. The number of benzene rings is 1. The van der Waals surface area contributed by atoms with Crippen molar-refractivity contribution >= 4 is 29.3 Å². The Morgan fingerprint density at radius 1 is 1.04 bits per heavy atom. The second-order valence-electron chi connectivity index (χ2n) is 6.29. The van der Waals surface area contributed by atoms with Crippen molar-refractivity contribution in [1.29, 1.82) is 0 Å². The van der Waals surface area contributed by atoms with Gasteiger partial charge in [-0.25, -0.2) is 9.59 Å². The Bertz CT molecular complexity index is 927. The molecule has 1 heterocycles. The molecule has 1 aromatic carbocycles. The van der Waals surface area contributed by atoms with Crippen LogP contribution in [0.25, 0.3) is 0 Å². The van der Waals surface area contributed by atoms with Crippen LogP contribution in [0.15, 0.2) is 24.3 Å². The molecule has 0 bridgehead atoms. The number of aromatic amines is 1. The van der Waals surface area contributed by atoms with Crippen LogP contribution in [0, 0.1) is 13.8 Å². The van der Waals surface area contributed by atoms with Gasteiger partial charge < -0.3 is 19.8 Å². The highest BCUT2D eigenvalue weighted by Gasteiger charge is 2.26. The fraction of sp³-hybridized carbons (Fsp3) is 0.300. The molecule has 2 aromatic rings. The Morgan fingerprint density at radius 3 is 2.18 bits per heavy atom. The normalized spacial score (nSPS) is 11.5. The minimum Gasteiger partial charge on any atom is -0.465 e. The van der Waals surface area contributed by atoms with E-state index in [2.05, 4.69) is 10.3 Å². The van der Waals surface area contributed by atoms with E-state index in [-0.39, 0.29) is 17.2 Å². The molecule has 28 heavy (non-hydrogen) atoms. The molecule has 148 valence electrons. The number of hydrogen-bond acceptors (Lipinski definition) is 6. The number of carbonyl (C=O) groups is 4. The summed E-state index contributed by atoms with van der Waals surface area (Å²) < 4.78 is 9.98. The third kappa shape index (κ3) is 4.46. The molecule has 0 saturated heterocycles. The monoisotopic (exact) mass is 386 g/mol. The topological polar surface area (TPSA) is 115 Å². The largest absolute Gasteiger partial charge is 0.465 e. The molecule has 1 atom stereocenters. The number of methoxy groups -OCH3 is 1. The fourth-order valence-electron chi connectivity index (χ4n) is 2.79. The van der Waals surface area contributed by atoms with Crippen LogP contribution in [0.5, 0.6) is 0 Å². The van der Waals surface area contributed by atoms with E-state index in [1.165, 1.54) is 33.1 Å². The number of Topliss-reactive ketones (excluding diaryl/α,β-unsaturated/α-hetero) is 1. The molecule has 0 radical (unpaired) electrons. The Kier molecular flexibility index (Phi) is 6.35. The molecular weight excluding hydrogens is 364 g/mol. The van der Waals surface area contributed by atoms with Gasteiger partial charge in [-0.1, -0.05) is 0 Å². The van der Waals surface area contributed by atoms with Crippen LogP contribution in [0.3, 0.4) is 0 Å². The first kappa shape index (κ1) is 20.9. The summed E-state index contributed by atoms with van der Waals surface area (Å²) in [5.74, 6) is -1.92. The zero-order valence-corrected chi connectivity index (χ0v) is 16.3. The van der Waals surface area contributed by atoms with Gasteiger partial charge in [0, 0.05) is 23.9 Å². The van der Waals surface area contributed by atoms with Gasteiger partial charge in [0.05, 0.1) is 12.7 Å². The number of aryl methyl sites for hydroxylation is 1. The van der Waals surface area contributed by atoms with E-state index in [4.69, 9.17) is 9.47 Å². The molecule has 1 amide bonds. The molecule has 8 nitrogen and oxygen atoms in total. The summed E-state index contributed by atoms with van der Waals surface area (Å²) in [4.78, 5) is 50.6. The van der Waals surface area contributed by atoms with Gasteiger partial charge in [-0.15, -0.1) is 0 Å². The molecule has 0 fully saturated rings. The van der Waals surface area contributed by atoms with Crippen LogP contribution in [0.2, 0.25) is 0 Å². The minimum atomic E-state index is -1.04. The van der Waals surface area contributed by atoms with Crippen molar-refractivity contribution in [3.8, 4) is 0 Å². The fourth-order valence-corrected chi connectivity index (χ4v) is 2.79. The van der Waals surface area contributed by atoms with Crippen LogP contribution in [0.4, 0.5) is 5.69 Å². The lowest BCUT2D eigenvalue weighted by Crippen LogP contribution is -2.25. The molecule has 2 rings (SSSR count). The number of amides is 1. The number of aromatic nitrogens is 1. The molecule has 0 aliphatic carbocycles. The number of H-pyrrole nitrogens is 1. The third-order valence-corrected chi connectivity index (χ3v) is 4.17. The van der Waals surface area contributed by atoms with E-state index in [0.29, 0.717) is 22.5 Å². The lowest BCUT2D eigenvalue weighted by Gasteiger charge is -2.12. The molecule has 0 spiro atoms. The highest BCUT2D eigenvalue weighted by molar-refractivity contribution is 6.03. The summed E-state index contributed by atoms with van der Waals surface area (Å²) in [7, 11) is 1.25. The SMILES string of the molecule is COC(=O)c1c(C)[nH]c(C(=O)O[C@@H](C)C(=O)c2ccc(NC(C)=O)cc2)c1C. The third-order valence-electron chi connectivity index (χ3n) is 4.17. The number of nitrogens with one attached hydrogen (secondary N) is 2. The molecule has 8 heteroatoms. The number of carbonyl (C=O) groups excluding carboxylic acids is 4. The zero-order valence-electron chi connectivity index (χ0n) is 16.3. The van der Waals surface area contributed by atoms with Gasteiger partial charge in [-0.05, 0) is 50.6 Å². The predicted molar refractivity (Wildman–Crippen MR) is 102 cm³/mol. The lowest BCUT2D eigenvalue weighted by atomic mass is 10.1. The van der Waals surface area contributed by atoms with Crippen LogP contribution >= 0.6 is 0 Å². The number of esters is 2. The maximum absolute atomic E-state index is 12.5. The quantitative estimate of drug-likeness (QED) is 0.583. The first-order valence-corrected chi connectivity index (χ1v) is 8.56. The second-order valence-corrected chi connectivity index (χ2v) is 6.29. The van der Waals surface area contributed by atoms with Crippen molar-refractivity contribution in [1.82, 2.24) is 4.98 Å². The second kappa shape index (κ2) is 8.51. The predicted octanol–water partition coefficient (Wildman–Crippen LogP) is 2.80. The lowest BCUT2D eigenvalue weighted by molar-refractivity contribution is -0.114. The van der Waals surface area contributed by atoms with Gasteiger partial charge in [0.15, 0.2) is 6.10 Å². The van der Waals surface area contributed by atoms with Crippen molar-refractivity contribution in [3.05, 3.63) is 52.3 Å². The Hall–Kier alpha value is -3.42. The van der Waals surface area contributed by atoms with E-state index < -0.39 is 23.8 Å². The Morgan fingerprint density at radius 2 is 1.64 bits per heavy atom. The van der Waals surface area contributed by atoms with Crippen LogP contribution in [0.1, 0.15) is 56.3 Å². The van der Waals surface area contributed by atoms with Crippen molar-refractivity contribution in [2.45, 2.75) is 33.8 Å². The van der Waals surface area contributed by atoms with Crippen molar-refractivity contribution < 1.29 is 28.7 Å². The molecule has 1 aromatic heterocycles. The first-order chi connectivity index (χ1) is 13.1. The Labute approximate surface area is 162 Å². The van der Waals surface area contributed by atoms with Gasteiger partial charge in [-0.3, -0.25) is 9.59 Å². The molecule has 0 aliphatic heterocycles. The highest BCUT2D eigenvalue weighted by atomic mass is 16.5. The van der Waals surface area contributed by atoms with Crippen molar-refractivity contribution in [2.24, 2.45) is 0 Å². The summed E-state index contributed by atoms with van der Waals surface area (Å²) in [6.45, 7) is 6.09.